The van der Waals surface area contributed by atoms with E-state index >= 15 is 0 Å². The van der Waals surface area contributed by atoms with Crippen LogP contribution in [0.15, 0.2) is 12.1 Å². The molecule has 0 aliphatic heterocycles. The minimum atomic E-state index is -2.96. The largest absolute Gasteiger partial charge is 0.481 e. The van der Waals surface area contributed by atoms with E-state index in [9.17, 15) is 9.90 Å². The number of carboxylic acids is 1. The number of rotatable bonds is 4. The van der Waals surface area contributed by atoms with Gasteiger partial charge in [-0.3, -0.25) is 4.79 Å². The van der Waals surface area contributed by atoms with Gasteiger partial charge in [-0.15, -0.1) is 0 Å². The van der Waals surface area contributed by atoms with Gasteiger partial charge in [0, 0.05) is 8.22 Å². The summed E-state index contributed by atoms with van der Waals surface area (Å²) in [6, 6.07) is -0.903. The molecule has 1 aliphatic rings. The molecule has 0 aromatic carbocycles. The van der Waals surface area contributed by atoms with Gasteiger partial charge in [0.25, 0.3) is 0 Å². The van der Waals surface area contributed by atoms with Crippen LogP contribution in [0.3, 0.4) is 0 Å². The van der Waals surface area contributed by atoms with E-state index < -0.39 is 36.6 Å². The second-order valence-electron chi connectivity index (χ2n) is 2.84. The Hall–Kier alpha value is -0.790. The quantitative estimate of drug-likeness (QED) is 0.690. The van der Waals surface area contributed by atoms with E-state index in [1.54, 1.807) is 6.92 Å². The Morgan fingerprint density at radius 1 is 1.92 bits per heavy atom. The molecular weight excluding hydrogens is 164 g/mol. The number of allylic oxidation sites excluding steroid dienone is 1. The van der Waals surface area contributed by atoms with Crippen molar-refractivity contribution in [3.05, 3.63) is 12.1 Å². The third kappa shape index (κ3) is 2.87. The number of hydrogen-bond donors (Lipinski definition) is 1. The molecule has 1 aliphatic carbocycles. The molecule has 0 saturated carbocycles. The summed E-state index contributed by atoms with van der Waals surface area (Å²) in [5.74, 6) is -6.93. The molecule has 1 rings (SSSR count). The summed E-state index contributed by atoms with van der Waals surface area (Å²) in [5, 5.41) is 9.23. The highest BCUT2D eigenvalue weighted by Crippen LogP contribution is 2.29. The summed E-state index contributed by atoms with van der Waals surface area (Å²) in [4.78, 5) is 11.4. The highest BCUT2D eigenvalue weighted by atomic mass is 16.4. The second kappa shape index (κ2) is 5.05. The molecule has 2 nitrogen and oxygen atoms in total. The van der Waals surface area contributed by atoms with Crippen LogP contribution in [-0.4, -0.2) is 11.1 Å². The summed E-state index contributed by atoms with van der Waals surface area (Å²) < 4.78 is 54.9. The third-order valence-corrected chi connectivity index (χ3v) is 1.84. The van der Waals surface area contributed by atoms with Crippen molar-refractivity contribution in [1.29, 1.82) is 0 Å². The first-order valence-corrected chi connectivity index (χ1v) is 4.32. The smallest absolute Gasteiger partial charge is 0.310 e. The topological polar surface area (TPSA) is 37.3 Å². The first kappa shape index (κ1) is 4.16. The molecule has 2 atom stereocenters. The van der Waals surface area contributed by atoms with Crippen molar-refractivity contribution in [2.24, 2.45) is 11.8 Å². The summed E-state index contributed by atoms with van der Waals surface area (Å²) in [6.45, 7) is 1.77. The van der Waals surface area contributed by atoms with Gasteiger partial charge in [0.05, 0.1) is 7.26 Å². The Morgan fingerprint density at radius 2 is 2.69 bits per heavy atom. The van der Waals surface area contributed by atoms with Crippen LogP contribution >= 0.6 is 0 Å². The van der Waals surface area contributed by atoms with Gasteiger partial charge < -0.3 is 5.11 Å². The lowest BCUT2D eigenvalue weighted by Crippen LogP contribution is -2.23. The Morgan fingerprint density at radius 3 is 3.31 bits per heavy atom. The molecule has 2 unspecified atom stereocenters. The molecule has 0 bridgehead atoms. The first-order chi connectivity index (χ1) is 8.88. The van der Waals surface area contributed by atoms with Gasteiger partial charge in [-0.2, -0.15) is 0 Å². The van der Waals surface area contributed by atoms with Crippen molar-refractivity contribution < 1.29 is 19.5 Å². The van der Waals surface area contributed by atoms with Crippen molar-refractivity contribution in [3.63, 3.8) is 0 Å². The zero-order valence-electron chi connectivity index (χ0n) is 14.6. The number of unbranched alkanes of at least 4 members (excludes halogenated alkanes) is 1. The Kier molecular flexibility index (Phi) is 1.62. The van der Waals surface area contributed by atoms with Crippen LogP contribution in [0.5, 0.6) is 0 Å². The number of aliphatic carboxylic acids is 1. The minimum Gasteiger partial charge on any atom is -0.481 e. The predicted molar refractivity (Wildman–Crippen MR) is 52.5 cm³/mol. The molecule has 0 fully saturated rings. The second-order valence-corrected chi connectivity index (χ2v) is 2.84. The van der Waals surface area contributed by atoms with Gasteiger partial charge >= 0.3 is 5.97 Å². The highest BCUT2D eigenvalue weighted by Gasteiger charge is 2.26. The lowest BCUT2D eigenvalue weighted by Gasteiger charge is -2.24. The van der Waals surface area contributed by atoms with Gasteiger partial charge in [-0.1, -0.05) is 31.9 Å². The van der Waals surface area contributed by atoms with E-state index in [0.717, 1.165) is 0 Å². The summed E-state index contributed by atoms with van der Waals surface area (Å²) in [5.41, 5.74) is 0. The fraction of sp³-hybridized carbons (Fsp3) is 0.727. The molecule has 1 N–H and O–H groups in total. The van der Waals surface area contributed by atoms with E-state index in [4.69, 9.17) is 9.60 Å². The SMILES string of the molecule is [2H]C1=CC([2H])(C(=O)O)C([2H])(CCCC)C([2H])([2H])C1([2H])[2H]. The molecule has 0 heterocycles. The van der Waals surface area contributed by atoms with Gasteiger partial charge in [0.15, 0.2) is 0 Å². The molecule has 0 amide bonds. The zero-order chi connectivity index (χ0) is 16.0. The van der Waals surface area contributed by atoms with Crippen LogP contribution in [0, 0.1) is 11.8 Å². The van der Waals surface area contributed by atoms with Gasteiger partial charge in [0.1, 0.15) is 0 Å². The number of carbonyl (C=O) groups is 1. The van der Waals surface area contributed by atoms with Crippen molar-refractivity contribution in [2.45, 2.75) is 38.9 Å². The molecular formula is C11H18O2. The maximum Gasteiger partial charge on any atom is 0.310 e. The summed E-state index contributed by atoms with van der Waals surface area (Å²) in [6.07, 6.45) is -4.61. The lowest BCUT2D eigenvalue weighted by atomic mass is 9.81. The Bertz CT molecular complexity index is 448. The van der Waals surface area contributed by atoms with Crippen LogP contribution in [0.25, 0.3) is 0 Å². The zero-order valence-corrected chi connectivity index (χ0v) is 7.55. The van der Waals surface area contributed by atoms with Gasteiger partial charge in [0.2, 0.25) is 0 Å². The van der Waals surface area contributed by atoms with Crippen LogP contribution < -0.4 is 0 Å². The first-order valence-electron chi connectivity index (χ1n) is 7.82. The predicted octanol–water partition coefficient (Wildman–Crippen LogP) is 2.84. The standard InChI is InChI=1S/C11H18O2/c1-2-3-6-9-7-4-5-8-10(9)11(12)13/h5,8-10H,2-4,6-7H2,1H3,(H,12,13)/i4D2,5D,7D2,9D,10D. The fourth-order valence-electron chi connectivity index (χ4n) is 1.12. The molecule has 2 heteroatoms. The highest BCUT2D eigenvalue weighted by molar-refractivity contribution is 5.72. The van der Waals surface area contributed by atoms with E-state index in [1.165, 1.54) is 0 Å². The van der Waals surface area contributed by atoms with Crippen molar-refractivity contribution in [3.8, 4) is 0 Å². The normalized spacial score (nSPS) is 55.2. The van der Waals surface area contributed by atoms with E-state index in [-0.39, 0.29) is 6.42 Å². The van der Waals surface area contributed by atoms with Crippen LogP contribution in [0.1, 0.15) is 48.5 Å². The molecule has 74 valence electrons. The molecule has 13 heavy (non-hydrogen) atoms. The average molecular weight is 189 g/mol. The van der Waals surface area contributed by atoms with Crippen molar-refractivity contribution >= 4 is 5.97 Å². The van der Waals surface area contributed by atoms with Crippen LogP contribution in [-0.2, 0) is 4.79 Å². The molecule has 0 aromatic heterocycles. The summed E-state index contributed by atoms with van der Waals surface area (Å²) >= 11 is 0. The van der Waals surface area contributed by atoms with E-state index in [0.29, 0.717) is 18.9 Å². The fourth-order valence-corrected chi connectivity index (χ4v) is 1.12. The van der Waals surface area contributed by atoms with E-state index in [1.807, 2.05) is 0 Å². The van der Waals surface area contributed by atoms with E-state index in [2.05, 4.69) is 0 Å². The third-order valence-electron chi connectivity index (χ3n) is 1.84. The Labute approximate surface area is 89.5 Å². The van der Waals surface area contributed by atoms with Crippen molar-refractivity contribution in [2.75, 3.05) is 0 Å². The number of hydrogen-bond acceptors (Lipinski definition) is 1. The Balaban J connectivity index is 3.59. The van der Waals surface area contributed by atoms with Crippen LogP contribution in [0.4, 0.5) is 0 Å². The average Bonchev–Trinajstić information content (AvgIpc) is 2.33. The number of carboxylic acid groups (broad SMARTS) is 1. The monoisotopic (exact) mass is 189 g/mol. The van der Waals surface area contributed by atoms with Gasteiger partial charge in [-0.25, -0.2) is 0 Å². The van der Waals surface area contributed by atoms with Gasteiger partial charge in [-0.05, 0) is 25.1 Å². The molecule has 0 spiro atoms. The van der Waals surface area contributed by atoms with Crippen LogP contribution in [0.2, 0.25) is 0 Å². The maximum atomic E-state index is 11.4. The molecule has 0 radical (unpaired) electrons. The maximum absolute atomic E-state index is 11.4. The lowest BCUT2D eigenvalue weighted by molar-refractivity contribution is -0.142. The summed E-state index contributed by atoms with van der Waals surface area (Å²) in [7, 11) is 0. The molecule has 0 saturated heterocycles. The van der Waals surface area contributed by atoms with Crippen molar-refractivity contribution in [1.82, 2.24) is 0 Å². The molecule has 0 aromatic rings. The minimum absolute atomic E-state index is 0.268.